The minimum absolute atomic E-state index is 0.713. The molecule has 2 rings (SSSR count). The molecule has 0 amide bonds. The second kappa shape index (κ2) is 6.50. The lowest BCUT2D eigenvalue weighted by atomic mass is 10.1. The topological polar surface area (TPSA) is 49.9 Å². The Morgan fingerprint density at radius 1 is 1.26 bits per heavy atom. The quantitative estimate of drug-likeness (QED) is 0.783. The van der Waals surface area contributed by atoms with Crippen molar-refractivity contribution in [2.45, 2.75) is 20.4 Å². The van der Waals surface area contributed by atoms with Gasteiger partial charge < -0.3 is 15.0 Å². The molecule has 2 aromatic rings. The van der Waals surface area contributed by atoms with Crippen LogP contribution in [-0.2, 0) is 11.3 Å². The van der Waals surface area contributed by atoms with E-state index < -0.39 is 0 Å². The Hall–Kier alpha value is -1.65. The second-order valence-corrected chi connectivity index (χ2v) is 4.71. The predicted molar refractivity (Wildman–Crippen MR) is 77.1 cm³/mol. The minimum Gasteiger partial charge on any atom is -0.383 e. The number of rotatable bonds is 6. The van der Waals surface area contributed by atoms with Crippen molar-refractivity contribution in [3.05, 3.63) is 41.3 Å². The number of H-pyrrole nitrogens is 1. The molecule has 0 saturated heterocycles. The van der Waals surface area contributed by atoms with Crippen molar-refractivity contribution >= 4 is 0 Å². The number of aromatic amines is 1. The summed E-state index contributed by atoms with van der Waals surface area (Å²) in [6.45, 7) is 6.52. The zero-order valence-corrected chi connectivity index (χ0v) is 11.8. The average Bonchev–Trinajstić information content (AvgIpc) is 2.87. The zero-order valence-electron chi connectivity index (χ0n) is 11.8. The lowest BCUT2D eigenvalue weighted by Crippen LogP contribution is -2.19. The summed E-state index contributed by atoms with van der Waals surface area (Å²) in [7, 11) is 1.70. The summed E-state index contributed by atoms with van der Waals surface area (Å²) in [6, 6.07) is 6.45. The van der Waals surface area contributed by atoms with Gasteiger partial charge in [0.2, 0.25) is 0 Å². The molecule has 2 N–H and O–H groups in total. The Balaban J connectivity index is 2.01. The number of aromatic nitrogens is 2. The van der Waals surface area contributed by atoms with E-state index in [0.717, 1.165) is 24.6 Å². The van der Waals surface area contributed by atoms with E-state index in [1.54, 1.807) is 7.11 Å². The van der Waals surface area contributed by atoms with Gasteiger partial charge in [-0.2, -0.15) is 0 Å². The largest absolute Gasteiger partial charge is 0.383 e. The van der Waals surface area contributed by atoms with E-state index >= 15 is 0 Å². The molecule has 1 aromatic heterocycles. The summed E-state index contributed by atoms with van der Waals surface area (Å²) in [6.07, 6.45) is 1.89. The van der Waals surface area contributed by atoms with Gasteiger partial charge in [-0.3, -0.25) is 0 Å². The first kappa shape index (κ1) is 13.8. The zero-order chi connectivity index (χ0) is 13.7. The molecule has 0 bridgehead atoms. The number of nitrogens with zero attached hydrogens (tertiary/aromatic N) is 1. The van der Waals surface area contributed by atoms with Gasteiger partial charge in [0.15, 0.2) is 0 Å². The molecule has 0 atom stereocenters. The van der Waals surface area contributed by atoms with Crippen LogP contribution in [0.3, 0.4) is 0 Å². The lowest BCUT2D eigenvalue weighted by Gasteiger charge is -2.03. The molecule has 0 unspecified atom stereocenters. The number of methoxy groups -OCH3 is 1. The third kappa shape index (κ3) is 3.66. The summed E-state index contributed by atoms with van der Waals surface area (Å²) in [5.41, 5.74) is 4.85. The Bertz CT molecular complexity index is 534. The molecule has 0 aliphatic carbocycles. The van der Waals surface area contributed by atoms with Gasteiger partial charge >= 0.3 is 0 Å². The van der Waals surface area contributed by atoms with Gasteiger partial charge in [0, 0.05) is 13.7 Å². The van der Waals surface area contributed by atoms with Crippen LogP contribution in [0.25, 0.3) is 11.3 Å². The molecule has 0 aliphatic heterocycles. The minimum atomic E-state index is 0.713. The summed E-state index contributed by atoms with van der Waals surface area (Å²) in [5, 5.41) is 3.27. The maximum Gasteiger partial charge on any atom is 0.120 e. The van der Waals surface area contributed by atoms with Crippen LogP contribution in [0.2, 0.25) is 0 Å². The standard InChI is InChI=1S/C15H21N3O/c1-11-4-5-13(8-12(11)2)14-9-17-15(18-14)10-16-6-7-19-3/h4-5,8-9,16H,6-7,10H2,1-3H3,(H,17,18). The van der Waals surface area contributed by atoms with E-state index in [4.69, 9.17) is 4.74 Å². The lowest BCUT2D eigenvalue weighted by molar-refractivity contribution is 0.199. The molecular formula is C15H21N3O. The number of aryl methyl sites for hydroxylation is 2. The number of benzene rings is 1. The highest BCUT2D eigenvalue weighted by atomic mass is 16.5. The summed E-state index contributed by atoms with van der Waals surface area (Å²) < 4.78 is 4.99. The molecule has 4 nitrogen and oxygen atoms in total. The molecule has 0 radical (unpaired) electrons. The Labute approximate surface area is 114 Å². The van der Waals surface area contributed by atoms with Crippen molar-refractivity contribution in [2.75, 3.05) is 20.3 Å². The van der Waals surface area contributed by atoms with Crippen molar-refractivity contribution in [1.29, 1.82) is 0 Å². The first-order valence-electron chi connectivity index (χ1n) is 6.52. The van der Waals surface area contributed by atoms with Crippen LogP contribution in [0.15, 0.2) is 24.4 Å². The SMILES string of the molecule is COCCNCc1ncc(-c2ccc(C)c(C)c2)[nH]1. The van der Waals surface area contributed by atoms with Crippen LogP contribution in [0, 0.1) is 13.8 Å². The van der Waals surface area contributed by atoms with Gasteiger partial charge in [0.25, 0.3) is 0 Å². The van der Waals surface area contributed by atoms with Crippen LogP contribution in [0.1, 0.15) is 17.0 Å². The molecule has 4 heteroatoms. The van der Waals surface area contributed by atoms with Crippen LogP contribution < -0.4 is 5.32 Å². The fourth-order valence-electron chi connectivity index (χ4n) is 1.89. The Kier molecular flexibility index (Phi) is 4.71. The normalized spacial score (nSPS) is 10.9. The number of hydrogen-bond acceptors (Lipinski definition) is 3. The van der Waals surface area contributed by atoms with Gasteiger partial charge in [-0.1, -0.05) is 12.1 Å². The Morgan fingerprint density at radius 2 is 2.11 bits per heavy atom. The van der Waals surface area contributed by atoms with Crippen molar-refractivity contribution < 1.29 is 4.74 Å². The van der Waals surface area contributed by atoms with Crippen molar-refractivity contribution in [3.63, 3.8) is 0 Å². The molecule has 0 fully saturated rings. The van der Waals surface area contributed by atoms with Gasteiger partial charge in [0.1, 0.15) is 5.82 Å². The molecule has 0 aliphatic rings. The molecule has 19 heavy (non-hydrogen) atoms. The summed E-state index contributed by atoms with van der Waals surface area (Å²) in [4.78, 5) is 7.72. The molecule has 0 spiro atoms. The summed E-state index contributed by atoms with van der Waals surface area (Å²) in [5.74, 6) is 0.948. The van der Waals surface area contributed by atoms with E-state index in [-0.39, 0.29) is 0 Å². The predicted octanol–water partition coefficient (Wildman–Crippen LogP) is 2.43. The first-order chi connectivity index (χ1) is 9.20. The third-order valence-corrected chi connectivity index (χ3v) is 3.22. The smallest absolute Gasteiger partial charge is 0.120 e. The average molecular weight is 259 g/mol. The molecule has 102 valence electrons. The Morgan fingerprint density at radius 3 is 2.84 bits per heavy atom. The third-order valence-electron chi connectivity index (χ3n) is 3.22. The van der Waals surface area contributed by atoms with Crippen molar-refractivity contribution in [2.24, 2.45) is 0 Å². The number of ether oxygens (including phenoxy) is 1. The number of hydrogen-bond donors (Lipinski definition) is 2. The van der Waals surface area contributed by atoms with Gasteiger partial charge in [0.05, 0.1) is 25.0 Å². The second-order valence-electron chi connectivity index (χ2n) is 4.71. The maximum absolute atomic E-state index is 4.99. The van der Waals surface area contributed by atoms with Crippen molar-refractivity contribution in [1.82, 2.24) is 15.3 Å². The molecule has 1 aromatic carbocycles. The van der Waals surface area contributed by atoms with Gasteiger partial charge in [-0.05, 0) is 36.6 Å². The number of imidazole rings is 1. The van der Waals surface area contributed by atoms with Gasteiger partial charge in [-0.25, -0.2) is 4.98 Å². The molecule has 1 heterocycles. The first-order valence-corrected chi connectivity index (χ1v) is 6.52. The van der Waals surface area contributed by atoms with E-state index in [9.17, 15) is 0 Å². The monoisotopic (exact) mass is 259 g/mol. The molecule has 0 saturated carbocycles. The fourth-order valence-corrected chi connectivity index (χ4v) is 1.89. The van der Waals surface area contributed by atoms with Gasteiger partial charge in [-0.15, -0.1) is 0 Å². The van der Waals surface area contributed by atoms with Crippen molar-refractivity contribution in [3.8, 4) is 11.3 Å². The highest BCUT2D eigenvalue weighted by Crippen LogP contribution is 2.20. The van der Waals surface area contributed by atoms with E-state index in [1.807, 2.05) is 6.20 Å². The van der Waals surface area contributed by atoms with E-state index in [0.29, 0.717) is 6.61 Å². The highest BCUT2D eigenvalue weighted by Gasteiger charge is 2.04. The van der Waals surface area contributed by atoms with E-state index in [1.165, 1.54) is 16.7 Å². The van der Waals surface area contributed by atoms with Crippen LogP contribution in [0.5, 0.6) is 0 Å². The number of nitrogens with one attached hydrogen (secondary N) is 2. The highest BCUT2D eigenvalue weighted by molar-refractivity contribution is 5.60. The fraction of sp³-hybridized carbons (Fsp3) is 0.400. The summed E-state index contributed by atoms with van der Waals surface area (Å²) >= 11 is 0. The van der Waals surface area contributed by atoms with Crippen LogP contribution in [0.4, 0.5) is 0 Å². The molecular weight excluding hydrogens is 238 g/mol. The maximum atomic E-state index is 4.99. The van der Waals surface area contributed by atoms with Crippen LogP contribution in [-0.4, -0.2) is 30.2 Å². The van der Waals surface area contributed by atoms with E-state index in [2.05, 4.69) is 47.3 Å². The van der Waals surface area contributed by atoms with Crippen LogP contribution >= 0.6 is 0 Å².